The molecule has 0 saturated heterocycles. The second-order valence-electron chi connectivity index (χ2n) is 7.37. The third-order valence-electron chi connectivity index (χ3n) is 5.68. The molecule has 3 atom stereocenters. The standard InChI is InChI=1S/C14H22O2.C4H6O2.Na.H/c1-9(2)12(15)16-11-8-10-6-7-14(11,5)13(10,3)4;1-3(2)4(5)6;;/h10-11H,1,6-8H2,2-5H3;1H2,2H3,(H,5,6);;/q;;+1;-1. The number of fused-ring (bicyclic) bond motifs is 2. The van der Waals surface area contributed by atoms with Crippen LogP contribution >= 0.6 is 0 Å². The molecule has 0 aliphatic heterocycles. The minimum Gasteiger partial charge on any atom is -1.00 e. The van der Waals surface area contributed by atoms with E-state index in [9.17, 15) is 9.59 Å². The van der Waals surface area contributed by atoms with Crippen molar-refractivity contribution in [1.82, 2.24) is 0 Å². The maximum absolute atomic E-state index is 11.6. The third-order valence-corrected chi connectivity index (χ3v) is 5.68. The Bertz CT molecular complexity index is 503. The third kappa shape index (κ3) is 4.49. The first kappa shape index (κ1) is 22.4. The van der Waals surface area contributed by atoms with E-state index in [1.165, 1.54) is 19.8 Å². The SMILES string of the molecule is C=C(C)C(=O)O.C=C(C)C(=O)OC1CC2CCC1(C)C2(C)C.[H-].[Na+]. The molecule has 4 nitrogen and oxygen atoms in total. The van der Waals surface area contributed by atoms with Gasteiger partial charge >= 0.3 is 41.5 Å². The van der Waals surface area contributed by atoms with Crippen molar-refractivity contribution >= 4 is 11.9 Å². The first-order chi connectivity index (χ1) is 9.93. The largest absolute Gasteiger partial charge is 1.00 e. The van der Waals surface area contributed by atoms with Crippen molar-refractivity contribution in [1.29, 1.82) is 0 Å². The molecular weight excluding hydrogens is 303 g/mol. The van der Waals surface area contributed by atoms with Crippen LogP contribution in [0.15, 0.2) is 24.3 Å². The Balaban J connectivity index is 0. The molecule has 3 unspecified atom stereocenters. The van der Waals surface area contributed by atoms with Crippen LogP contribution in [0.3, 0.4) is 0 Å². The molecule has 0 aromatic carbocycles. The molecule has 0 heterocycles. The second-order valence-corrected chi connectivity index (χ2v) is 7.37. The van der Waals surface area contributed by atoms with Gasteiger partial charge in [0.05, 0.1) is 0 Å². The summed E-state index contributed by atoms with van der Waals surface area (Å²) in [6.45, 7) is 16.9. The molecule has 23 heavy (non-hydrogen) atoms. The Morgan fingerprint density at radius 2 is 1.65 bits per heavy atom. The van der Waals surface area contributed by atoms with E-state index in [1.54, 1.807) is 6.92 Å². The van der Waals surface area contributed by atoms with Crippen molar-refractivity contribution in [3.8, 4) is 0 Å². The Morgan fingerprint density at radius 3 is 1.91 bits per heavy atom. The van der Waals surface area contributed by atoms with Gasteiger partial charge in [0.1, 0.15) is 6.10 Å². The Hall–Kier alpha value is -0.580. The zero-order chi connectivity index (χ0) is 17.3. The van der Waals surface area contributed by atoms with Crippen LogP contribution in [-0.4, -0.2) is 23.1 Å². The average molecular weight is 332 g/mol. The summed E-state index contributed by atoms with van der Waals surface area (Å²) in [7, 11) is 0. The van der Waals surface area contributed by atoms with Crippen LogP contribution in [0, 0.1) is 16.7 Å². The molecule has 0 aromatic rings. The summed E-state index contributed by atoms with van der Waals surface area (Å²) in [5.41, 5.74) is 1.13. The quantitative estimate of drug-likeness (QED) is 0.477. The van der Waals surface area contributed by atoms with Gasteiger partial charge in [-0.1, -0.05) is 33.9 Å². The summed E-state index contributed by atoms with van der Waals surface area (Å²) >= 11 is 0. The molecule has 0 spiro atoms. The van der Waals surface area contributed by atoms with Gasteiger partial charge in [0, 0.05) is 16.6 Å². The number of hydrogen-bond acceptors (Lipinski definition) is 3. The Labute approximate surface area is 163 Å². The number of carbonyl (C=O) groups is 2. The van der Waals surface area contributed by atoms with Gasteiger partial charge in [0.25, 0.3) is 0 Å². The van der Waals surface area contributed by atoms with E-state index in [1.807, 2.05) is 0 Å². The van der Waals surface area contributed by atoms with Crippen LogP contribution < -0.4 is 29.6 Å². The monoisotopic (exact) mass is 332 g/mol. The topological polar surface area (TPSA) is 63.6 Å². The zero-order valence-electron chi connectivity index (χ0n) is 16.4. The van der Waals surface area contributed by atoms with Crippen molar-refractivity contribution in [2.45, 2.75) is 60.0 Å². The normalized spacial score (nSPS) is 29.6. The molecule has 126 valence electrons. The van der Waals surface area contributed by atoms with Gasteiger partial charge in [0.15, 0.2) is 0 Å². The van der Waals surface area contributed by atoms with Gasteiger partial charge in [-0.2, -0.15) is 0 Å². The molecule has 2 aliphatic rings. The maximum atomic E-state index is 11.6. The fraction of sp³-hybridized carbons (Fsp3) is 0.667. The van der Waals surface area contributed by atoms with Crippen LogP contribution in [0.25, 0.3) is 0 Å². The molecule has 2 rings (SSSR count). The smallest absolute Gasteiger partial charge is 1.00 e. The van der Waals surface area contributed by atoms with Crippen molar-refractivity contribution in [2.24, 2.45) is 16.7 Å². The summed E-state index contributed by atoms with van der Waals surface area (Å²) in [5.74, 6) is -0.454. The molecule has 0 amide bonds. The molecule has 2 bridgehead atoms. The van der Waals surface area contributed by atoms with Gasteiger partial charge in [-0.05, 0) is 44.4 Å². The number of carboxylic acids is 1. The van der Waals surface area contributed by atoms with Crippen molar-refractivity contribution in [3.63, 3.8) is 0 Å². The Morgan fingerprint density at radius 1 is 1.17 bits per heavy atom. The van der Waals surface area contributed by atoms with E-state index in [0.717, 1.165) is 6.42 Å². The molecule has 1 N–H and O–H groups in total. The fourth-order valence-corrected chi connectivity index (χ4v) is 3.54. The first-order valence-electron chi connectivity index (χ1n) is 7.68. The number of carbonyl (C=O) groups excluding carboxylic acids is 1. The van der Waals surface area contributed by atoms with Gasteiger partial charge < -0.3 is 11.3 Å². The summed E-state index contributed by atoms with van der Waals surface area (Å²) in [5, 5.41) is 7.89. The van der Waals surface area contributed by atoms with E-state index >= 15 is 0 Å². The van der Waals surface area contributed by atoms with Gasteiger partial charge in [-0.15, -0.1) is 0 Å². The van der Waals surface area contributed by atoms with Gasteiger partial charge in [-0.25, -0.2) is 9.59 Å². The number of rotatable bonds is 3. The van der Waals surface area contributed by atoms with Crippen molar-refractivity contribution < 1.29 is 50.4 Å². The molecule has 0 radical (unpaired) electrons. The van der Waals surface area contributed by atoms with Crippen LogP contribution in [0.5, 0.6) is 0 Å². The number of carboxylic acid groups (broad SMARTS) is 1. The predicted molar refractivity (Wildman–Crippen MR) is 87.5 cm³/mol. The van der Waals surface area contributed by atoms with Gasteiger partial charge in [-0.3, -0.25) is 0 Å². The molecular formula is C18H29NaO4. The van der Waals surface area contributed by atoms with Crippen LogP contribution in [0.4, 0.5) is 0 Å². The van der Waals surface area contributed by atoms with Crippen LogP contribution in [0.2, 0.25) is 0 Å². The first-order valence-corrected chi connectivity index (χ1v) is 7.68. The number of ether oxygens (including phenoxy) is 1. The summed E-state index contributed by atoms with van der Waals surface area (Å²) in [6, 6.07) is 0. The zero-order valence-corrected chi connectivity index (χ0v) is 17.4. The predicted octanol–water partition coefficient (Wildman–Crippen LogP) is 1.08. The van der Waals surface area contributed by atoms with E-state index in [2.05, 4.69) is 33.9 Å². The fourth-order valence-electron chi connectivity index (χ4n) is 3.54. The van der Waals surface area contributed by atoms with Crippen LogP contribution in [0.1, 0.15) is 55.3 Å². The Kier molecular flexibility index (Phi) is 7.80. The minimum atomic E-state index is -0.935. The van der Waals surface area contributed by atoms with E-state index in [0.29, 0.717) is 16.9 Å². The average Bonchev–Trinajstić information content (AvgIpc) is 2.72. The molecule has 2 fully saturated rings. The van der Waals surface area contributed by atoms with Gasteiger partial charge in [0.2, 0.25) is 0 Å². The summed E-state index contributed by atoms with van der Waals surface area (Å²) in [4.78, 5) is 21.2. The summed E-state index contributed by atoms with van der Waals surface area (Å²) < 4.78 is 5.61. The van der Waals surface area contributed by atoms with E-state index < -0.39 is 5.97 Å². The van der Waals surface area contributed by atoms with Crippen LogP contribution in [-0.2, 0) is 14.3 Å². The van der Waals surface area contributed by atoms with E-state index in [4.69, 9.17) is 9.84 Å². The molecule has 2 saturated carbocycles. The molecule has 0 aromatic heterocycles. The summed E-state index contributed by atoms with van der Waals surface area (Å²) in [6.07, 6.45) is 3.58. The second kappa shape index (κ2) is 8.00. The molecule has 2 aliphatic carbocycles. The maximum Gasteiger partial charge on any atom is 1.00 e. The van der Waals surface area contributed by atoms with E-state index in [-0.39, 0.29) is 54.0 Å². The number of esters is 1. The van der Waals surface area contributed by atoms with Crippen molar-refractivity contribution in [3.05, 3.63) is 24.3 Å². The minimum absolute atomic E-state index is 0. The number of hydrogen-bond donors (Lipinski definition) is 1. The number of aliphatic carboxylic acids is 1. The molecule has 5 heteroatoms. The van der Waals surface area contributed by atoms with Crippen molar-refractivity contribution in [2.75, 3.05) is 0 Å².